The van der Waals surface area contributed by atoms with Crippen LogP contribution >= 0.6 is 0 Å². The van der Waals surface area contributed by atoms with Crippen molar-refractivity contribution in [3.8, 4) is 0 Å². The van der Waals surface area contributed by atoms with Crippen LogP contribution in [0.2, 0.25) is 0 Å². The van der Waals surface area contributed by atoms with Gasteiger partial charge in [0.2, 0.25) is 0 Å². The normalized spacial score (nSPS) is 12.3. The van der Waals surface area contributed by atoms with Gasteiger partial charge in [0.25, 0.3) is 0 Å². The molecule has 0 bridgehead atoms. The van der Waals surface area contributed by atoms with Gasteiger partial charge in [-0.25, -0.2) is 18.6 Å². The lowest BCUT2D eigenvalue weighted by Gasteiger charge is -2.14. The second kappa shape index (κ2) is 6.43. The minimum absolute atomic E-state index is 0.165. The van der Waals surface area contributed by atoms with Crippen molar-refractivity contribution in [1.29, 1.82) is 0 Å². The Morgan fingerprint density at radius 2 is 2.00 bits per heavy atom. The van der Waals surface area contributed by atoms with Gasteiger partial charge in [-0.15, -0.1) is 0 Å². The van der Waals surface area contributed by atoms with E-state index in [9.17, 15) is 13.6 Å². The van der Waals surface area contributed by atoms with Crippen LogP contribution in [-0.2, 0) is 4.79 Å². The Morgan fingerprint density at radius 3 is 2.62 bits per heavy atom. The van der Waals surface area contributed by atoms with Crippen molar-refractivity contribution >= 4 is 22.8 Å². The predicted octanol–water partition coefficient (Wildman–Crippen LogP) is 2.96. The van der Waals surface area contributed by atoms with E-state index < -0.39 is 23.6 Å². The molecule has 0 saturated heterocycles. The Labute approximate surface area is 120 Å². The number of anilines is 1. The summed E-state index contributed by atoms with van der Waals surface area (Å²) in [5.74, 6) is -2.79. The van der Waals surface area contributed by atoms with E-state index in [2.05, 4.69) is 15.3 Å². The molecule has 1 aromatic carbocycles. The minimum atomic E-state index is -1.02. The summed E-state index contributed by atoms with van der Waals surface area (Å²) in [6.07, 6.45) is 3.38. The van der Waals surface area contributed by atoms with Crippen molar-refractivity contribution in [2.45, 2.75) is 32.2 Å². The first kappa shape index (κ1) is 15.1. The Morgan fingerprint density at radius 1 is 1.33 bits per heavy atom. The predicted molar refractivity (Wildman–Crippen MR) is 74.0 cm³/mol. The van der Waals surface area contributed by atoms with Crippen LogP contribution in [-0.4, -0.2) is 27.1 Å². The van der Waals surface area contributed by atoms with Gasteiger partial charge in [-0.05, 0) is 6.42 Å². The number of halogens is 2. The molecule has 0 amide bonds. The second-order valence-electron chi connectivity index (χ2n) is 4.69. The van der Waals surface area contributed by atoms with Crippen LogP contribution in [0.15, 0.2) is 18.3 Å². The molecule has 0 aliphatic heterocycles. The molecular formula is C14H15F2N3O2. The first-order chi connectivity index (χ1) is 10.0. The van der Waals surface area contributed by atoms with E-state index in [0.29, 0.717) is 6.42 Å². The number of hydrogen-bond donors (Lipinski definition) is 2. The first-order valence-corrected chi connectivity index (χ1v) is 6.62. The quantitative estimate of drug-likeness (QED) is 0.857. The Hall–Kier alpha value is -2.31. The standard InChI is InChI=1S/C14H15F2N3O2/c1-2-3-4-10(14(20)21)18-13-7-17-11-5-8(15)9(16)6-12(11)19-13/h5-7,10H,2-4H2,1H3,(H,18,19)(H,20,21)/t10-/m0/s1. The van der Waals surface area contributed by atoms with Crippen LogP contribution < -0.4 is 5.32 Å². The molecule has 2 rings (SSSR count). The van der Waals surface area contributed by atoms with Crippen molar-refractivity contribution in [3.63, 3.8) is 0 Å². The number of nitrogens with zero attached hydrogens (tertiary/aromatic N) is 2. The maximum Gasteiger partial charge on any atom is 0.326 e. The zero-order valence-corrected chi connectivity index (χ0v) is 11.4. The summed E-state index contributed by atoms with van der Waals surface area (Å²) in [5.41, 5.74) is 0.374. The SMILES string of the molecule is CCCC[C@H](Nc1cnc2cc(F)c(F)cc2n1)C(=O)O. The molecule has 0 fully saturated rings. The molecule has 0 saturated carbocycles. The lowest BCUT2D eigenvalue weighted by atomic mass is 10.1. The van der Waals surface area contributed by atoms with E-state index >= 15 is 0 Å². The molecule has 2 N–H and O–H groups in total. The Kier molecular flexibility index (Phi) is 4.62. The van der Waals surface area contributed by atoms with E-state index in [4.69, 9.17) is 5.11 Å². The average Bonchev–Trinajstić information content (AvgIpc) is 2.44. The van der Waals surface area contributed by atoms with Crippen LogP contribution in [0, 0.1) is 11.6 Å². The molecule has 21 heavy (non-hydrogen) atoms. The second-order valence-corrected chi connectivity index (χ2v) is 4.69. The van der Waals surface area contributed by atoms with Crippen molar-refractivity contribution in [3.05, 3.63) is 30.0 Å². The van der Waals surface area contributed by atoms with Gasteiger partial charge in [-0.2, -0.15) is 0 Å². The van der Waals surface area contributed by atoms with Gasteiger partial charge in [0.05, 0.1) is 17.2 Å². The van der Waals surface area contributed by atoms with Crippen molar-refractivity contribution < 1.29 is 18.7 Å². The zero-order valence-electron chi connectivity index (χ0n) is 11.4. The summed E-state index contributed by atoms with van der Waals surface area (Å²) in [6, 6.07) is 1.10. The number of carboxylic acids is 1. The van der Waals surface area contributed by atoms with E-state index in [1.165, 1.54) is 6.20 Å². The highest BCUT2D eigenvalue weighted by atomic mass is 19.2. The van der Waals surface area contributed by atoms with Crippen molar-refractivity contribution in [2.75, 3.05) is 5.32 Å². The molecule has 1 atom stereocenters. The largest absolute Gasteiger partial charge is 0.480 e. The van der Waals surface area contributed by atoms with Gasteiger partial charge in [0.1, 0.15) is 11.9 Å². The molecule has 0 unspecified atom stereocenters. The van der Waals surface area contributed by atoms with Crippen molar-refractivity contribution in [2.24, 2.45) is 0 Å². The average molecular weight is 295 g/mol. The number of hydrogen-bond acceptors (Lipinski definition) is 4. The smallest absolute Gasteiger partial charge is 0.326 e. The Balaban J connectivity index is 2.25. The third-order valence-corrected chi connectivity index (χ3v) is 3.05. The topological polar surface area (TPSA) is 75.1 Å². The summed E-state index contributed by atoms with van der Waals surface area (Å²) in [4.78, 5) is 19.2. The number of benzene rings is 1. The van der Waals surface area contributed by atoms with Gasteiger partial charge >= 0.3 is 5.97 Å². The fourth-order valence-electron chi connectivity index (χ4n) is 1.92. The summed E-state index contributed by atoms with van der Waals surface area (Å²) in [5, 5.41) is 11.9. The van der Waals surface area contributed by atoms with Crippen LogP contribution in [0.4, 0.5) is 14.6 Å². The Bertz CT molecular complexity index is 664. The van der Waals surface area contributed by atoms with Crippen LogP contribution in [0.5, 0.6) is 0 Å². The third kappa shape index (κ3) is 3.62. The van der Waals surface area contributed by atoms with Gasteiger partial charge in [-0.1, -0.05) is 19.8 Å². The van der Waals surface area contributed by atoms with E-state index in [1.54, 1.807) is 0 Å². The van der Waals surface area contributed by atoms with Crippen LogP contribution in [0.3, 0.4) is 0 Å². The summed E-state index contributed by atoms with van der Waals surface area (Å²) >= 11 is 0. The lowest BCUT2D eigenvalue weighted by Crippen LogP contribution is -2.29. The summed E-state index contributed by atoms with van der Waals surface area (Å²) in [7, 11) is 0. The number of aromatic nitrogens is 2. The fraction of sp³-hybridized carbons (Fsp3) is 0.357. The third-order valence-electron chi connectivity index (χ3n) is 3.05. The highest BCUT2D eigenvalue weighted by molar-refractivity contribution is 5.79. The molecule has 0 aliphatic carbocycles. The number of carboxylic acid groups (broad SMARTS) is 1. The number of aliphatic carboxylic acids is 1. The number of nitrogens with one attached hydrogen (secondary N) is 1. The number of unbranched alkanes of at least 4 members (excludes halogenated alkanes) is 1. The highest BCUT2D eigenvalue weighted by Gasteiger charge is 2.17. The number of fused-ring (bicyclic) bond motifs is 1. The summed E-state index contributed by atoms with van der Waals surface area (Å²) in [6.45, 7) is 1.96. The molecule has 7 heteroatoms. The van der Waals surface area contributed by atoms with Crippen LogP contribution in [0.25, 0.3) is 11.0 Å². The van der Waals surface area contributed by atoms with Crippen LogP contribution in [0.1, 0.15) is 26.2 Å². The van der Waals surface area contributed by atoms with Gasteiger partial charge < -0.3 is 10.4 Å². The molecular weight excluding hydrogens is 280 g/mol. The molecule has 1 aromatic heterocycles. The highest BCUT2D eigenvalue weighted by Crippen LogP contribution is 2.17. The summed E-state index contributed by atoms with van der Waals surface area (Å²) < 4.78 is 26.2. The molecule has 2 aromatic rings. The molecule has 1 heterocycles. The van der Waals surface area contributed by atoms with E-state index in [0.717, 1.165) is 25.0 Å². The first-order valence-electron chi connectivity index (χ1n) is 6.62. The lowest BCUT2D eigenvalue weighted by molar-refractivity contribution is -0.138. The van der Waals surface area contributed by atoms with Crippen molar-refractivity contribution in [1.82, 2.24) is 9.97 Å². The van der Waals surface area contributed by atoms with Gasteiger partial charge in [-0.3, -0.25) is 4.98 Å². The fourth-order valence-corrected chi connectivity index (χ4v) is 1.92. The van der Waals surface area contributed by atoms with E-state index in [1.807, 2.05) is 6.92 Å². The molecule has 112 valence electrons. The minimum Gasteiger partial charge on any atom is -0.480 e. The molecule has 0 aliphatic rings. The maximum atomic E-state index is 13.2. The molecule has 0 radical (unpaired) electrons. The van der Waals surface area contributed by atoms with Gasteiger partial charge in [0, 0.05) is 12.1 Å². The van der Waals surface area contributed by atoms with E-state index in [-0.39, 0.29) is 16.9 Å². The monoisotopic (exact) mass is 295 g/mol. The zero-order chi connectivity index (χ0) is 15.4. The molecule has 5 nitrogen and oxygen atoms in total. The maximum absolute atomic E-state index is 13.2. The number of carbonyl (C=O) groups is 1. The van der Waals surface area contributed by atoms with Gasteiger partial charge in [0.15, 0.2) is 11.6 Å². The molecule has 0 spiro atoms. The number of rotatable bonds is 6.